The van der Waals surface area contributed by atoms with Crippen molar-refractivity contribution in [1.29, 1.82) is 0 Å². The summed E-state index contributed by atoms with van der Waals surface area (Å²) in [7, 11) is 0. The van der Waals surface area contributed by atoms with E-state index < -0.39 is 12.3 Å². The molecule has 1 nitrogen and oxygen atoms in total. The van der Waals surface area contributed by atoms with Crippen LogP contribution in [0.4, 0.5) is 13.2 Å². The molecular weight excluding hydrogens is 217 g/mol. The van der Waals surface area contributed by atoms with E-state index in [0.29, 0.717) is 5.56 Å². The molecule has 0 aliphatic heterocycles. The number of rotatable bonds is 1. The van der Waals surface area contributed by atoms with Gasteiger partial charge in [-0.3, -0.25) is 0 Å². The monoisotopic (exact) mass is 224 g/mol. The molecule has 0 amide bonds. The minimum absolute atomic E-state index is 0.0742. The fourth-order valence-corrected chi connectivity index (χ4v) is 1.48. The Labute approximate surface area is 84.1 Å². The molecule has 1 aromatic rings. The third-order valence-electron chi connectivity index (χ3n) is 1.85. The van der Waals surface area contributed by atoms with Crippen molar-refractivity contribution in [1.82, 2.24) is 0 Å². The molecule has 5 heteroatoms. The zero-order valence-corrected chi connectivity index (χ0v) is 8.02. The minimum Gasteiger partial charge on any atom is -0.379 e. The van der Waals surface area contributed by atoms with E-state index in [1.165, 1.54) is 25.1 Å². The molecule has 0 aromatic heterocycles. The van der Waals surface area contributed by atoms with Crippen LogP contribution >= 0.6 is 11.6 Å². The molecule has 1 aromatic carbocycles. The highest BCUT2D eigenvalue weighted by Crippen LogP contribution is 2.37. The summed E-state index contributed by atoms with van der Waals surface area (Å²) < 4.78 is 36.6. The maximum Gasteiger partial charge on any atom is 0.418 e. The fraction of sp³-hybridized carbons (Fsp3) is 0.333. The maximum atomic E-state index is 12.2. The predicted molar refractivity (Wildman–Crippen MR) is 47.2 cm³/mol. The van der Waals surface area contributed by atoms with Crippen molar-refractivity contribution in [2.75, 3.05) is 0 Å². The molecule has 78 valence electrons. The molecule has 0 saturated carbocycles. The van der Waals surface area contributed by atoms with Gasteiger partial charge in [-0.25, -0.2) is 0 Å². The van der Waals surface area contributed by atoms with Gasteiger partial charge in [-0.15, -0.1) is 0 Å². The van der Waals surface area contributed by atoms with Crippen LogP contribution in [-0.4, -0.2) is 11.3 Å². The van der Waals surface area contributed by atoms with Crippen LogP contribution in [0.3, 0.4) is 0 Å². The SMILES string of the molecule is Cc1cccc(Cl)c1C(O)C(F)(F)F. The molecule has 0 spiro atoms. The second-order valence-corrected chi connectivity index (χ2v) is 3.32. The van der Waals surface area contributed by atoms with Gasteiger partial charge < -0.3 is 5.11 Å². The normalized spacial score (nSPS) is 14.1. The Bertz CT molecular complexity index is 315. The summed E-state index contributed by atoms with van der Waals surface area (Å²) in [5.74, 6) is 0. The first-order chi connectivity index (χ1) is 6.34. The van der Waals surface area contributed by atoms with E-state index in [4.69, 9.17) is 16.7 Å². The van der Waals surface area contributed by atoms with Crippen molar-refractivity contribution in [3.8, 4) is 0 Å². The van der Waals surface area contributed by atoms with E-state index in [-0.39, 0.29) is 10.6 Å². The molecule has 0 heterocycles. The average molecular weight is 225 g/mol. The number of aliphatic hydroxyl groups excluding tert-OH is 1. The highest BCUT2D eigenvalue weighted by molar-refractivity contribution is 6.31. The summed E-state index contributed by atoms with van der Waals surface area (Å²) in [6.45, 7) is 1.47. The fourth-order valence-electron chi connectivity index (χ4n) is 1.15. The summed E-state index contributed by atoms with van der Waals surface area (Å²) in [5.41, 5.74) is 0.0454. The van der Waals surface area contributed by atoms with E-state index in [1.807, 2.05) is 0 Å². The van der Waals surface area contributed by atoms with Crippen molar-refractivity contribution in [2.45, 2.75) is 19.2 Å². The number of halogens is 4. The van der Waals surface area contributed by atoms with Gasteiger partial charge in [0.15, 0.2) is 6.10 Å². The summed E-state index contributed by atoms with van der Waals surface area (Å²) in [4.78, 5) is 0. The largest absolute Gasteiger partial charge is 0.418 e. The third kappa shape index (κ3) is 2.19. The van der Waals surface area contributed by atoms with Gasteiger partial charge in [-0.1, -0.05) is 23.7 Å². The molecular formula is C9H8ClF3O. The van der Waals surface area contributed by atoms with Crippen LogP contribution in [0.5, 0.6) is 0 Å². The van der Waals surface area contributed by atoms with Gasteiger partial charge in [0.2, 0.25) is 0 Å². The topological polar surface area (TPSA) is 20.2 Å². The van der Waals surface area contributed by atoms with Crippen LogP contribution in [-0.2, 0) is 0 Å². The average Bonchev–Trinajstić information content (AvgIpc) is 2.01. The van der Waals surface area contributed by atoms with Gasteiger partial charge in [0.25, 0.3) is 0 Å². The molecule has 0 bridgehead atoms. The van der Waals surface area contributed by atoms with E-state index in [1.54, 1.807) is 0 Å². The number of hydrogen-bond donors (Lipinski definition) is 1. The lowest BCUT2D eigenvalue weighted by Crippen LogP contribution is -2.21. The van der Waals surface area contributed by atoms with E-state index in [9.17, 15) is 13.2 Å². The van der Waals surface area contributed by atoms with Crippen LogP contribution in [0.1, 0.15) is 17.2 Å². The Kier molecular flexibility index (Phi) is 3.07. The Morgan fingerprint density at radius 2 is 1.93 bits per heavy atom. The van der Waals surface area contributed by atoms with E-state index >= 15 is 0 Å². The van der Waals surface area contributed by atoms with Crippen LogP contribution in [0.25, 0.3) is 0 Å². The van der Waals surface area contributed by atoms with Crippen molar-refractivity contribution in [3.63, 3.8) is 0 Å². The first kappa shape index (κ1) is 11.3. The lowest BCUT2D eigenvalue weighted by atomic mass is 10.0. The minimum atomic E-state index is -4.68. The van der Waals surface area contributed by atoms with Crippen LogP contribution in [0.15, 0.2) is 18.2 Å². The highest BCUT2D eigenvalue weighted by atomic mass is 35.5. The first-order valence-corrected chi connectivity index (χ1v) is 4.21. The summed E-state index contributed by atoms with van der Waals surface area (Å²) in [6.07, 6.45) is -7.20. The van der Waals surface area contributed by atoms with E-state index in [0.717, 1.165) is 0 Å². The number of aryl methyl sites for hydroxylation is 1. The van der Waals surface area contributed by atoms with Gasteiger partial charge in [0, 0.05) is 10.6 Å². The standard InChI is InChI=1S/C9H8ClF3O/c1-5-3-2-4-6(10)7(5)8(14)9(11,12)13/h2-4,8,14H,1H3. The van der Waals surface area contributed by atoms with Gasteiger partial charge in [0.05, 0.1) is 0 Å². The molecule has 1 unspecified atom stereocenters. The first-order valence-electron chi connectivity index (χ1n) is 3.84. The number of aliphatic hydroxyl groups is 1. The Morgan fingerprint density at radius 1 is 1.36 bits per heavy atom. The van der Waals surface area contributed by atoms with Crippen molar-refractivity contribution >= 4 is 11.6 Å². The Hall–Kier alpha value is -0.740. The van der Waals surface area contributed by atoms with Crippen molar-refractivity contribution in [3.05, 3.63) is 34.3 Å². The van der Waals surface area contributed by atoms with Crippen LogP contribution in [0.2, 0.25) is 5.02 Å². The molecule has 0 radical (unpaired) electrons. The lowest BCUT2D eigenvalue weighted by Gasteiger charge is -2.17. The maximum absolute atomic E-state index is 12.2. The van der Waals surface area contributed by atoms with Gasteiger partial charge in [-0.05, 0) is 18.6 Å². The smallest absolute Gasteiger partial charge is 0.379 e. The van der Waals surface area contributed by atoms with E-state index in [2.05, 4.69) is 0 Å². The highest BCUT2D eigenvalue weighted by Gasteiger charge is 2.41. The Morgan fingerprint density at radius 3 is 2.36 bits per heavy atom. The summed E-state index contributed by atoms with van der Waals surface area (Å²) >= 11 is 5.57. The third-order valence-corrected chi connectivity index (χ3v) is 2.18. The van der Waals surface area contributed by atoms with Gasteiger partial charge >= 0.3 is 6.18 Å². The molecule has 0 saturated heterocycles. The molecule has 1 N–H and O–H groups in total. The molecule has 0 aliphatic rings. The molecule has 14 heavy (non-hydrogen) atoms. The predicted octanol–water partition coefficient (Wildman–Crippen LogP) is 3.24. The molecule has 0 fully saturated rings. The Balaban J connectivity index is 3.19. The number of alkyl halides is 3. The number of benzene rings is 1. The second kappa shape index (κ2) is 3.79. The summed E-state index contributed by atoms with van der Waals surface area (Å²) in [5, 5.41) is 8.94. The van der Waals surface area contributed by atoms with Crippen molar-refractivity contribution < 1.29 is 18.3 Å². The van der Waals surface area contributed by atoms with Gasteiger partial charge in [0.1, 0.15) is 0 Å². The van der Waals surface area contributed by atoms with Crippen molar-refractivity contribution in [2.24, 2.45) is 0 Å². The van der Waals surface area contributed by atoms with Crippen LogP contribution in [0, 0.1) is 6.92 Å². The summed E-state index contributed by atoms with van der Waals surface area (Å²) in [6, 6.07) is 4.32. The van der Waals surface area contributed by atoms with Crippen LogP contribution < -0.4 is 0 Å². The molecule has 0 aliphatic carbocycles. The zero-order valence-electron chi connectivity index (χ0n) is 7.27. The number of hydrogen-bond acceptors (Lipinski definition) is 1. The van der Waals surface area contributed by atoms with Gasteiger partial charge in [-0.2, -0.15) is 13.2 Å². The zero-order chi connectivity index (χ0) is 10.9. The lowest BCUT2D eigenvalue weighted by molar-refractivity contribution is -0.206. The quantitative estimate of drug-likeness (QED) is 0.777. The molecule has 1 rings (SSSR count). The molecule has 1 atom stereocenters. The second-order valence-electron chi connectivity index (χ2n) is 2.91.